The van der Waals surface area contributed by atoms with Gasteiger partial charge in [0.05, 0.1) is 24.2 Å². The van der Waals surface area contributed by atoms with Crippen molar-refractivity contribution in [1.82, 2.24) is 19.8 Å². The fourth-order valence-corrected chi connectivity index (χ4v) is 5.02. The Morgan fingerprint density at radius 1 is 1.11 bits per heavy atom. The van der Waals surface area contributed by atoms with E-state index in [1.54, 1.807) is 0 Å². The number of anilines is 1. The second-order valence-corrected chi connectivity index (χ2v) is 10.7. The Morgan fingerprint density at radius 2 is 1.92 bits per heavy atom. The summed E-state index contributed by atoms with van der Waals surface area (Å²) in [5.41, 5.74) is 3.59. The Balaban J connectivity index is 1.25. The number of para-hydroxylation sites is 2. The smallest absolute Gasteiger partial charge is 0.411 e. The number of morpholine rings is 1. The summed E-state index contributed by atoms with van der Waals surface area (Å²) in [6.45, 7) is 7.87. The molecular formula is C28H35N5O4. The Hall–Kier alpha value is -3.59. The van der Waals surface area contributed by atoms with E-state index in [9.17, 15) is 9.59 Å². The van der Waals surface area contributed by atoms with Crippen LogP contribution in [0.5, 0.6) is 0 Å². The summed E-state index contributed by atoms with van der Waals surface area (Å²) >= 11 is 0. The Bertz CT molecular complexity index is 1300. The summed E-state index contributed by atoms with van der Waals surface area (Å²) in [5.74, 6) is 0.720. The van der Waals surface area contributed by atoms with Gasteiger partial charge in [-0.15, -0.1) is 0 Å². The number of rotatable bonds is 4. The molecule has 2 fully saturated rings. The van der Waals surface area contributed by atoms with Crippen molar-refractivity contribution in [2.45, 2.75) is 44.9 Å². The summed E-state index contributed by atoms with van der Waals surface area (Å²) in [7, 11) is 2.04. The average Bonchev–Trinajstić information content (AvgIpc) is 3.48. The van der Waals surface area contributed by atoms with Crippen molar-refractivity contribution in [3.63, 3.8) is 0 Å². The summed E-state index contributed by atoms with van der Waals surface area (Å²) in [6.07, 6.45) is 0.338. The highest BCUT2D eigenvalue weighted by Crippen LogP contribution is 2.29. The third kappa shape index (κ3) is 5.41. The number of aryl methyl sites for hydroxylation is 1. The lowest BCUT2D eigenvalue weighted by atomic mass is 10.1. The van der Waals surface area contributed by atoms with Gasteiger partial charge in [0.2, 0.25) is 5.91 Å². The maximum absolute atomic E-state index is 13.2. The van der Waals surface area contributed by atoms with Gasteiger partial charge in [0.15, 0.2) is 0 Å². The van der Waals surface area contributed by atoms with Crippen molar-refractivity contribution in [2.24, 2.45) is 7.05 Å². The molecule has 37 heavy (non-hydrogen) atoms. The molecular weight excluding hydrogens is 470 g/mol. The van der Waals surface area contributed by atoms with Crippen molar-refractivity contribution in [1.29, 1.82) is 0 Å². The molecule has 0 spiro atoms. The fourth-order valence-electron chi connectivity index (χ4n) is 5.02. The van der Waals surface area contributed by atoms with Gasteiger partial charge in [-0.3, -0.25) is 9.69 Å². The zero-order valence-electron chi connectivity index (χ0n) is 21.9. The molecule has 3 aromatic rings. The summed E-state index contributed by atoms with van der Waals surface area (Å²) in [6, 6.07) is 15.8. The van der Waals surface area contributed by atoms with E-state index >= 15 is 0 Å². The standard InChI is InChI=1S/C28H35N5O4/c1-28(2,3)37-27(35)33-14-15-36-18-24(33)26(34)29-20-12-13-32(17-20)21-9-7-8-19(16-21)25-30-22-10-5-6-11-23(22)31(25)4/h5-11,16,20,24H,12-15,17-18H2,1-4H3,(H,29,34)/t20-,24?/m1/s1. The number of nitrogens with one attached hydrogen (secondary N) is 1. The van der Waals surface area contributed by atoms with Crippen LogP contribution in [0.1, 0.15) is 27.2 Å². The number of nitrogens with zero attached hydrogens (tertiary/aromatic N) is 4. The summed E-state index contributed by atoms with van der Waals surface area (Å²) < 4.78 is 13.2. The zero-order valence-corrected chi connectivity index (χ0v) is 21.9. The van der Waals surface area contributed by atoms with E-state index in [-0.39, 0.29) is 18.6 Å². The minimum Gasteiger partial charge on any atom is -0.444 e. The fraction of sp³-hybridized carbons (Fsp3) is 0.464. The van der Waals surface area contributed by atoms with Gasteiger partial charge >= 0.3 is 6.09 Å². The van der Waals surface area contributed by atoms with Crippen molar-refractivity contribution in [3.8, 4) is 11.4 Å². The first-order chi connectivity index (χ1) is 17.7. The number of fused-ring (bicyclic) bond motifs is 1. The number of hydrogen-bond donors (Lipinski definition) is 1. The largest absolute Gasteiger partial charge is 0.444 e. The minimum absolute atomic E-state index is 0.0191. The van der Waals surface area contributed by atoms with Gasteiger partial charge in [-0.1, -0.05) is 24.3 Å². The van der Waals surface area contributed by atoms with Crippen molar-refractivity contribution in [2.75, 3.05) is 37.7 Å². The van der Waals surface area contributed by atoms with Crippen LogP contribution < -0.4 is 10.2 Å². The molecule has 1 aromatic heterocycles. The second kappa shape index (κ2) is 10.0. The normalized spacial score (nSPS) is 20.3. The Kier molecular flexibility index (Phi) is 6.81. The van der Waals surface area contributed by atoms with E-state index in [1.807, 2.05) is 52.1 Å². The molecule has 1 N–H and O–H groups in total. The van der Waals surface area contributed by atoms with Crippen LogP contribution >= 0.6 is 0 Å². The van der Waals surface area contributed by atoms with Crippen LogP contribution in [0.25, 0.3) is 22.4 Å². The van der Waals surface area contributed by atoms with Crippen molar-refractivity contribution >= 4 is 28.7 Å². The Morgan fingerprint density at radius 3 is 2.70 bits per heavy atom. The lowest BCUT2D eigenvalue weighted by molar-refractivity contribution is -0.132. The molecule has 3 heterocycles. The number of hydrogen-bond acceptors (Lipinski definition) is 6. The quantitative estimate of drug-likeness (QED) is 0.583. The molecule has 0 aliphatic carbocycles. The lowest BCUT2D eigenvalue weighted by Crippen LogP contribution is -2.58. The molecule has 1 unspecified atom stereocenters. The van der Waals surface area contributed by atoms with Gasteiger partial charge in [0.1, 0.15) is 17.5 Å². The number of carbonyl (C=O) groups is 2. The number of aromatic nitrogens is 2. The van der Waals surface area contributed by atoms with Gasteiger partial charge in [-0.2, -0.15) is 0 Å². The van der Waals surface area contributed by atoms with Crippen molar-refractivity contribution < 1.29 is 19.1 Å². The predicted molar refractivity (Wildman–Crippen MR) is 142 cm³/mol. The van der Waals surface area contributed by atoms with Gasteiger partial charge in [0.25, 0.3) is 0 Å². The van der Waals surface area contributed by atoms with E-state index in [0.29, 0.717) is 19.7 Å². The number of amides is 2. The van der Waals surface area contributed by atoms with Gasteiger partial charge < -0.3 is 24.3 Å². The number of carbonyl (C=O) groups excluding carboxylic acids is 2. The van der Waals surface area contributed by atoms with E-state index in [1.165, 1.54) is 4.90 Å². The van der Waals surface area contributed by atoms with Crippen LogP contribution in [-0.4, -0.2) is 77.0 Å². The maximum Gasteiger partial charge on any atom is 0.411 e. The van der Waals surface area contributed by atoms with E-state index in [0.717, 1.165) is 41.1 Å². The predicted octanol–water partition coefficient (Wildman–Crippen LogP) is 3.57. The molecule has 2 aliphatic heterocycles. The van der Waals surface area contributed by atoms with Gasteiger partial charge in [0, 0.05) is 44.0 Å². The summed E-state index contributed by atoms with van der Waals surface area (Å²) in [5, 5.41) is 3.14. The first kappa shape index (κ1) is 25.1. The SMILES string of the molecule is Cn1c(-c2cccc(N3CC[C@@H](NC(=O)C4COCCN4C(=O)OC(C)(C)C)C3)c2)nc2ccccc21. The Labute approximate surface area is 217 Å². The van der Waals surface area contributed by atoms with E-state index < -0.39 is 17.7 Å². The minimum atomic E-state index is -0.696. The average molecular weight is 506 g/mol. The molecule has 2 amide bonds. The molecule has 9 heteroatoms. The third-order valence-corrected chi connectivity index (χ3v) is 6.85. The van der Waals surface area contributed by atoms with Crippen LogP contribution in [0, 0.1) is 0 Å². The molecule has 196 valence electrons. The highest BCUT2D eigenvalue weighted by molar-refractivity contribution is 5.86. The molecule has 2 saturated heterocycles. The van der Waals surface area contributed by atoms with Gasteiger partial charge in [-0.05, 0) is 51.5 Å². The summed E-state index contributed by atoms with van der Waals surface area (Å²) in [4.78, 5) is 34.4. The highest BCUT2D eigenvalue weighted by Gasteiger charge is 2.37. The monoisotopic (exact) mass is 505 g/mol. The number of imidazole rings is 1. The van der Waals surface area contributed by atoms with Gasteiger partial charge in [-0.25, -0.2) is 9.78 Å². The number of ether oxygens (including phenoxy) is 2. The molecule has 0 bridgehead atoms. The first-order valence-electron chi connectivity index (χ1n) is 12.8. The molecule has 9 nitrogen and oxygen atoms in total. The maximum atomic E-state index is 13.2. The number of benzene rings is 2. The molecule has 2 aliphatic rings. The first-order valence-corrected chi connectivity index (χ1v) is 12.8. The molecule has 2 atom stereocenters. The van der Waals surface area contributed by atoms with Crippen LogP contribution in [0.2, 0.25) is 0 Å². The third-order valence-electron chi connectivity index (χ3n) is 6.85. The molecule has 2 aromatic carbocycles. The van der Waals surface area contributed by atoms with Crippen molar-refractivity contribution in [3.05, 3.63) is 48.5 Å². The highest BCUT2D eigenvalue weighted by atomic mass is 16.6. The van der Waals surface area contributed by atoms with Crippen LogP contribution in [0.15, 0.2) is 48.5 Å². The van der Waals surface area contributed by atoms with E-state index in [4.69, 9.17) is 14.5 Å². The lowest BCUT2D eigenvalue weighted by Gasteiger charge is -2.36. The van der Waals surface area contributed by atoms with E-state index in [2.05, 4.69) is 39.0 Å². The van der Waals surface area contributed by atoms with Crippen LogP contribution in [0.4, 0.5) is 10.5 Å². The molecule has 5 rings (SSSR count). The topological polar surface area (TPSA) is 88.9 Å². The molecule has 0 saturated carbocycles. The van der Waals surface area contributed by atoms with Crippen LogP contribution in [0.3, 0.4) is 0 Å². The van der Waals surface area contributed by atoms with Crippen LogP contribution in [-0.2, 0) is 21.3 Å². The molecule has 0 radical (unpaired) electrons. The second-order valence-electron chi connectivity index (χ2n) is 10.7. The zero-order chi connectivity index (χ0) is 26.2.